The predicted octanol–water partition coefficient (Wildman–Crippen LogP) is 4.97. The quantitative estimate of drug-likeness (QED) is 0.225. The fourth-order valence-electron chi connectivity index (χ4n) is 3.14. The normalized spacial score (nSPS) is 13.2. The predicted molar refractivity (Wildman–Crippen MR) is 126 cm³/mol. The minimum atomic E-state index is -0.851. The lowest BCUT2D eigenvalue weighted by atomic mass is 10.0. The van der Waals surface area contributed by atoms with Crippen LogP contribution in [0.1, 0.15) is 44.1 Å². The summed E-state index contributed by atoms with van der Waals surface area (Å²) in [7, 11) is 1.36. The van der Waals surface area contributed by atoms with Gasteiger partial charge in [0.15, 0.2) is 17.2 Å². The standard InChI is InChI=1S/C25H27ClFNO7/c1-6-7-21(35-19-12-17(26)11-18(27)13-19)15(3)33-25(31)14(2)10-20(30)23-24(34-16(4)29)22(32-5)8-9-28-23/h6,8-9,11-15,21H,1,7,10H2,2-5H3/t14-,15+,21-/m1/s1. The largest absolute Gasteiger partial charge is 0.493 e. The van der Waals surface area contributed by atoms with Crippen LogP contribution in [0.5, 0.6) is 17.2 Å². The maximum Gasteiger partial charge on any atom is 0.309 e. The Hall–Kier alpha value is -3.46. The summed E-state index contributed by atoms with van der Waals surface area (Å²) in [6.07, 6.45) is 1.52. The lowest BCUT2D eigenvalue weighted by Gasteiger charge is -2.25. The van der Waals surface area contributed by atoms with Crippen molar-refractivity contribution in [3.63, 3.8) is 0 Å². The van der Waals surface area contributed by atoms with Crippen molar-refractivity contribution < 1.29 is 37.7 Å². The summed E-state index contributed by atoms with van der Waals surface area (Å²) < 4.78 is 35.2. The van der Waals surface area contributed by atoms with E-state index in [-0.39, 0.29) is 34.4 Å². The number of halogens is 2. The summed E-state index contributed by atoms with van der Waals surface area (Å²) in [5, 5.41) is 0.161. The first-order valence-corrected chi connectivity index (χ1v) is 11.1. The van der Waals surface area contributed by atoms with Gasteiger partial charge in [-0.15, -0.1) is 6.58 Å². The van der Waals surface area contributed by atoms with Crippen LogP contribution in [0.25, 0.3) is 0 Å². The molecule has 1 heterocycles. The monoisotopic (exact) mass is 507 g/mol. The molecule has 0 N–H and O–H groups in total. The zero-order chi connectivity index (χ0) is 26.1. The van der Waals surface area contributed by atoms with Crippen molar-refractivity contribution in [1.29, 1.82) is 0 Å². The second kappa shape index (κ2) is 12.9. The van der Waals surface area contributed by atoms with E-state index in [1.165, 1.54) is 45.4 Å². The molecule has 0 spiro atoms. The Morgan fingerprint density at radius 2 is 1.94 bits per heavy atom. The average Bonchev–Trinajstić information content (AvgIpc) is 2.77. The van der Waals surface area contributed by atoms with E-state index >= 15 is 0 Å². The van der Waals surface area contributed by atoms with Crippen molar-refractivity contribution in [2.45, 2.75) is 45.8 Å². The van der Waals surface area contributed by atoms with Crippen molar-refractivity contribution in [3.05, 3.63) is 59.7 Å². The molecule has 10 heteroatoms. The van der Waals surface area contributed by atoms with Gasteiger partial charge in [-0.2, -0.15) is 0 Å². The molecule has 0 amide bonds. The van der Waals surface area contributed by atoms with E-state index in [0.29, 0.717) is 6.42 Å². The smallest absolute Gasteiger partial charge is 0.309 e. The zero-order valence-corrected chi connectivity index (χ0v) is 20.6. The number of nitrogens with zero attached hydrogens (tertiary/aromatic N) is 1. The van der Waals surface area contributed by atoms with E-state index in [2.05, 4.69) is 11.6 Å². The highest BCUT2D eigenvalue weighted by Gasteiger charge is 2.28. The van der Waals surface area contributed by atoms with Crippen molar-refractivity contribution in [2.24, 2.45) is 5.92 Å². The fraction of sp³-hybridized carbons (Fsp3) is 0.360. The number of methoxy groups -OCH3 is 1. The van der Waals surface area contributed by atoms with Gasteiger partial charge in [-0.25, -0.2) is 9.37 Å². The second-order valence-electron chi connectivity index (χ2n) is 7.74. The summed E-state index contributed by atoms with van der Waals surface area (Å²) in [5.74, 6) is -3.05. The second-order valence-corrected chi connectivity index (χ2v) is 8.18. The molecule has 0 saturated heterocycles. The average molecular weight is 508 g/mol. The van der Waals surface area contributed by atoms with Gasteiger partial charge in [0, 0.05) is 43.1 Å². The number of ether oxygens (including phenoxy) is 4. The fourth-order valence-corrected chi connectivity index (χ4v) is 3.35. The maximum absolute atomic E-state index is 13.6. The van der Waals surface area contributed by atoms with Gasteiger partial charge in [0.05, 0.1) is 13.0 Å². The molecule has 0 fully saturated rings. The summed E-state index contributed by atoms with van der Waals surface area (Å²) in [4.78, 5) is 41.0. The SMILES string of the molecule is C=CC[C@@H](Oc1cc(F)cc(Cl)c1)[C@H](C)OC(=O)[C@H](C)CC(=O)c1nccc(OC)c1OC(C)=O. The van der Waals surface area contributed by atoms with E-state index in [1.54, 1.807) is 13.0 Å². The zero-order valence-electron chi connectivity index (χ0n) is 19.9. The first-order valence-electron chi connectivity index (χ1n) is 10.7. The van der Waals surface area contributed by atoms with Gasteiger partial charge >= 0.3 is 11.9 Å². The Morgan fingerprint density at radius 3 is 2.54 bits per heavy atom. The molecule has 0 aliphatic rings. The van der Waals surface area contributed by atoms with Crippen LogP contribution >= 0.6 is 11.6 Å². The summed E-state index contributed by atoms with van der Waals surface area (Å²) in [6, 6.07) is 5.20. The highest BCUT2D eigenvalue weighted by Crippen LogP contribution is 2.31. The molecule has 0 saturated carbocycles. The third-order valence-electron chi connectivity index (χ3n) is 4.84. The Kier molecular flexibility index (Phi) is 10.2. The van der Waals surface area contributed by atoms with Crippen LogP contribution in [0.2, 0.25) is 5.02 Å². The van der Waals surface area contributed by atoms with Crippen molar-refractivity contribution in [3.8, 4) is 17.2 Å². The van der Waals surface area contributed by atoms with E-state index in [4.69, 9.17) is 30.5 Å². The van der Waals surface area contributed by atoms with Crippen LogP contribution in [-0.4, -0.2) is 42.0 Å². The number of hydrogen-bond acceptors (Lipinski definition) is 8. The van der Waals surface area contributed by atoms with Gasteiger partial charge in [-0.3, -0.25) is 14.4 Å². The molecule has 35 heavy (non-hydrogen) atoms. The van der Waals surface area contributed by atoms with Gasteiger partial charge < -0.3 is 18.9 Å². The topological polar surface area (TPSA) is 101 Å². The number of hydrogen-bond donors (Lipinski definition) is 0. The molecule has 0 radical (unpaired) electrons. The molecule has 0 unspecified atom stereocenters. The van der Waals surface area contributed by atoms with Gasteiger partial charge in [-0.05, 0) is 19.1 Å². The van der Waals surface area contributed by atoms with Crippen LogP contribution in [-0.2, 0) is 14.3 Å². The Bertz CT molecular complexity index is 1070. The summed E-state index contributed by atoms with van der Waals surface area (Å²) >= 11 is 5.87. The Morgan fingerprint density at radius 1 is 1.23 bits per heavy atom. The van der Waals surface area contributed by atoms with Crippen molar-refractivity contribution >= 4 is 29.3 Å². The van der Waals surface area contributed by atoms with Crippen LogP contribution < -0.4 is 14.2 Å². The third kappa shape index (κ3) is 8.06. The number of pyridine rings is 1. The maximum atomic E-state index is 13.6. The van der Waals surface area contributed by atoms with E-state index in [0.717, 1.165) is 6.07 Å². The van der Waals surface area contributed by atoms with Gasteiger partial charge in [0.25, 0.3) is 0 Å². The number of ketones is 1. The number of Topliss-reactive ketones (excluding diaryl/α,β-unsaturated/α-hetero) is 1. The van der Waals surface area contributed by atoms with E-state index in [1.807, 2.05) is 0 Å². The number of rotatable bonds is 12. The molecule has 2 aromatic rings. The van der Waals surface area contributed by atoms with Crippen LogP contribution in [0.3, 0.4) is 0 Å². The summed E-state index contributed by atoms with van der Waals surface area (Å²) in [5.41, 5.74) is -0.136. The first-order chi connectivity index (χ1) is 16.5. The van der Waals surface area contributed by atoms with Crippen molar-refractivity contribution in [2.75, 3.05) is 7.11 Å². The minimum Gasteiger partial charge on any atom is -0.493 e. The molecule has 0 bridgehead atoms. The molecular weight excluding hydrogens is 481 g/mol. The number of esters is 2. The highest BCUT2D eigenvalue weighted by molar-refractivity contribution is 6.30. The molecule has 0 aliphatic heterocycles. The number of carbonyl (C=O) groups excluding carboxylic acids is 3. The molecule has 1 aromatic carbocycles. The Balaban J connectivity index is 2.09. The van der Waals surface area contributed by atoms with E-state index < -0.39 is 41.7 Å². The number of carbonyl (C=O) groups is 3. The molecule has 188 valence electrons. The van der Waals surface area contributed by atoms with Crippen molar-refractivity contribution in [1.82, 2.24) is 4.98 Å². The molecule has 2 rings (SSSR count). The first kappa shape index (κ1) is 27.8. The summed E-state index contributed by atoms with van der Waals surface area (Å²) in [6.45, 7) is 7.99. The van der Waals surface area contributed by atoms with Gasteiger partial charge in [-0.1, -0.05) is 24.6 Å². The lowest BCUT2D eigenvalue weighted by Crippen LogP contribution is -2.35. The molecule has 3 atom stereocenters. The molecule has 8 nitrogen and oxygen atoms in total. The number of aromatic nitrogens is 1. The number of benzene rings is 1. The van der Waals surface area contributed by atoms with Gasteiger partial charge in [0.2, 0.25) is 5.75 Å². The molecule has 1 aromatic heterocycles. The van der Waals surface area contributed by atoms with Crippen LogP contribution in [0, 0.1) is 11.7 Å². The lowest BCUT2D eigenvalue weighted by molar-refractivity contribution is -0.157. The van der Waals surface area contributed by atoms with Crippen LogP contribution in [0.15, 0.2) is 43.1 Å². The van der Waals surface area contributed by atoms with E-state index in [9.17, 15) is 18.8 Å². The Labute approximate surface area is 208 Å². The highest BCUT2D eigenvalue weighted by atomic mass is 35.5. The third-order valence-corrected chi connectivity index (χ3v) is 5.06. The molecular formula is C25H27ClFNO7. The minimum absolute atomic E-state index is 0.116. The van der Waals surface area contributed by atoms with Gasteiger partial charge in [0.1, 0.15) is 23.8 Å². The van der Waals surface area contributed by atoms with Crippen LogP contribution in [0.4, 0.5) is 4.39 Å². The molecule has 0 aliphatic carbocycles.